The molecule has 0 fully saturated rings. The van der Waals surface area contributed by atoms with Gasteiger partial charge in [-0.2, -0.15) is 5.10 Å². The van der Waals surface area contributed by atoms with Crippen molar-refractivity contribution in [2.75, 3.05) is 13.1 Å². The number of amides is 1. The van der Waals surface area contributed by atoms with Crippen LogP contribution >= 0.6 is 24.8 Å². The van der Waals surface area contributed by atoms with Crippen molar-refractivity contribution < 1.29 is 4.79 Å². The van der Waals surface area contributed by atoms with Gasteiger partial charge in [-0.05, 0) is 25.3 Å². The van der Waals surface area contributed by atoms with Crippen molar-refractivity contribution in [3.05, 3.63) is 17.5 Å². The Morgan fingerprint density at radius 2 is 2.22 bits per heavy atom. The highest BCUT2D eigenvalue weighted by Crippen LogP contribution is 2.05. The van der Waals surface area contributed by atoms with Crippen LogP contribution in [0.1, 0.15) is 24.6 Å². The Morgan fingerprint density at radius 3 is 2.72 bits per heavy atom. The molecule has 1 heterocycles. The minimum absolute atomic E-state index is 0. The highest BCUT2D eigenvalue weighted by molar-refractivity contribution is 5.85. The zero-order valence-corrected chi connectivity index (χ0v) is 12.4. The van der Waals surface area contributed by atoms with E-state index >= 15 is 0 Å². The second-order valence-corrected chi connectivity index (χ2v) is 4.05. The molecule has 0 bridgehead atoms. The van der Waals surface area contributed by atoms with E-state index in [0.717, 1.165) is 18.5 Å². The lowest BCUT2D eigenvalue weighted by molar-refractivity contribution is -0.124. The van der Waals surface area contributed by atoms with Gasteiger partial charge in [-0.15, -0.1) is 24.8 Å². The van der Waals surface area contributed by atoms with Crippen molar-refractivity contribution in [1.82, 2.24) is 15.5 Å². The lowest BCUT2D eigenvalue weighted by atomic mass is 10.1. The van der Waals surface area contributed by atoms with E-state index in [1.54, 1.807) is 0 Å². The molecule has 1 atom stereocenters. The van der Waals surface area contributed by atoms with Gasteiger partial charge in [0.2, 0.25) is 5.91 Å². The maximum atomic E-state index is 11.4. The van der Waals surface area contributed by atoms with Gasteiger partial charge in [0, 0.05) is 24.7 Å². The summed E-state index contributed by atoms with van der Waals surface area (Å²) in [6.45, 7) is 4.91. The molecule has 1 aromatic heterocycles. The van der Waals surface area contributed by atoms with Crippen LogP contribution in [0.4, 0.5) is 0 Å². The molecular weight excluding hydrogens is 275 g/mol. The number of aromatic nitrogens is 2. The van der Waals surface area contributed by atoms with Crippen LogP contribution in [0.5, 0.6) is 0 Å². The zero-order valence-electron chi connectivity index (χ0n) is 10.7. The molecule has 0 radical (unpaired) electrons. The summed E-state index contributed by atoms with van der Waals surface area (Å²) in [5.41, 5.74) is 7.71. The fraction of sp³-hybridized carbons (Fsp3) is 0.636. The molecule has 0 aromatic carbocycles. The molecule has 0 spiro atoms. The SMILES string of the molecule is Cc1[nH]ncc1CCCNC(=O)C(C)CN.Cl.Cl. The van der Waals surface area contributed by atoms with Gasteiger partial charge < -0.3 is 11.1 Å². The number of rotatable bonds is 6. The highest BCUT2D eigenvalue weighted by atomic mass is 35.5. The second kappa shape index (κ2) is 10.2. The van der Waals surface area contributed by atoms with E-state index in [0.29, 0.717) is 13.1 Å². The van der Waals surface area contributed by atoms with Crippen molar-refractivity contribution in [2.24, 2.45) is 11.7 Å². The molecule has 0 saturated heterocycles. The summed E-state index contributed by atoms with van der Waals surface area (Å²) in [4.78, 5) is 11.4. The zero-order chi connectivity index (χ0) is 12.0. The molecule has 0 aliphatic rings. The van der Waals surface area contributed by atoms with E-state index in [4.69, 9.17) is 5.73 Å². The normalized spacial score (nSPS) is 11.1. The topological polar surface area (TPSA) is 83.8 Å². The molecule has 7 heteroatoms. The Hall–Kier alpha value is -0.780. The van der Waals surface area contributed by atoms with Gasteiger partial charge in [-0.1, -0.05) is 6.92 Å². The van der Waals surface area contributed by atoms with Gasteiger partial charge in [0.1, 0.15) is 0 Å². The molecule has 5 nitrogen and oxygen atoms in total. The number of aromatic amines is 1. The highest BCUT2D eigenvalue weighted by Gasteiger charge is 2.09. The summed E-state index contributed by atoms with van der Waals surface area (Å²) in [6, 6.07) is 0. The molecule has 0 aliphatic heterocycles. The lowest BCUT2D eigenvalue weighted by Crippen LogP contribution is -2.33. The van der Waals surface area contributed by atoms with E-state index in [2.05, 4.69) is 15.5 Å². The summed E-state index contributed by atoms with van der Waals surface area (Å²) >= 11 is 0. The van der Waals surface area contributed by atoms with Crippen LogP contribution in [0.15, 0.2) is 6.20 Å². The standard InChI is InChI=1S/C11H20N4O.2ClH/c1-8(6-12)11(16)13-5-3-4-10-7-14-15-9(10)2;;/h7-8H,3-6,12H2,1-2H3,(H,13,16)(H,14,15);2*1H. The van der Waals surface area contributed by atoms with Crippen LogP contribution in [0.25, 0.3) is 0 Å². The van der Waals surface area contributed by atoms with Gasteiger partial charge in [0.25, 0.3) is 0 Å². The minimum Gasteiger partial charge on any atom is -0.356 e. The van der Waals surface area contributed by atoms with E-state index in [-0.39, 0.29) is 36.6 Å². The first kappa shape index (κ1) is 19.6. The molecule has 0 aliphatic carbocycles. The lowest BCUT2D eigenvalue weighted by Gasteiger charge is -2.09. The number of hydrogen-bond donors (Lipinski definition) is 3. The average molecular weight is 297 g/mol. The molecule has 106 valence electrons. The van der Waals surface area contributed by atoms with Crippen molar-refractivity contribution in [3.8, 4) is 0 Å². The Bertz CT molecular complexity index is 344. The predicted octanol–water partition coefficient (Wildman–Crippen LogP) is 1.21. The number of H-pyrrole nitrogens is 1. The first-order valence-electron chi connectivity index (χ1n) is 5.61. The van der Waals surface area contributed by atoms with Crippen molar-refractivity contribution >= 4 is 30.7 Å². The maximum Gasteiger partial charge on any atom is 0.224 e. The smallest absolute Gasteiger partial charge is 0.224 e. The fourth-order valence-corrected chi connectivity index (χ4v) is 1.40. The van der Waals surface area contributed by atoms with Gasteiger partial charge in [-0.3, -0.25) is 9.89 Å². The first-order valence-corrected chi connectivity index (χ1v) is 5.61. The van der Waals surface area contributed by atoms with Crippen LogP contribution in [0.3, 0.4) is 0 Å². The van der Waals surface area contributed by atoms with Crippen molar-refractivity contribution in [1.29, 1.82) is 0 Å². The van der Waals surface area contributed by atoms with Crippen LogP contribution in [0.2, 0.25) is 0 Å². The number of nitrogens with two attached hydrogens (primary N) is 1. The summed E-state index contributed by atoms with van der Waals surface area (Å²) in [5.74, 6) is -0.0675. The third-order valence-electron chi connectivity index (χ3n) is 2.66. The van der Waals surface area contributed by atoms with Crippen LogP contribution in [-0.4, -0.2) is 29.2 Å². The van der Waals surface area contributed by atoms with Gasteiger partial charge in [0.05, 0.1) is 6.20 Å². The molecule has 18 heavy (non-hydrogen) atoms. The van der Waals surface area contributed by atoms with E-state index in [9.17, 15) is 4.79 Å². The summed E-state index contributed by atoms with van der Waals surface area (Å²) in [5, 5.41) is 9.71. The molecular formula is C11H22Cl2N4O. The first-order chi connectivity index (χ1) is 7.65. The summed E-state index contributed by atoms with van der Waals surface area (Å²) in [6.07, 6.45) is 3.68. The fourth-order valence-electron chi connectivity index (χ4n) is 1.40. The Morgan fingerprint density at radius 1 is 1.56 bits per heavy atom. The molecule has 1 amide bonds. The number of halogens is 2. The number of hydrogen-bond acceptors (Lipinski definition) is 3. The molecule has 0 saturated carbocycles. The quantitative estimate of drug-likeness (QED) is 0.690. The summed E-state index contributed by atoms with van der Waals surface area (Å²) < 4.78 is 0. The predicted molar refractivity (Wildman–Crippen MR) is 77.4 cm³/mol. The monoisotopic (exact) mass is 296 g/mol. The van der Waals surface area contributed by atoms with Crippen molar-refractivity contribution in [2.45, 2.75) is 26.7 Å². The van der Waals surface area contributed by atoms with Gasteiger partial charge in [-0.25, -0.2) is 0 Å². The van der Waals surface area contributed by atoms with Crippen LogP contribution in [0, 0.1) is 12.8 Å². The Kier molecular flexibility index (Phi) is 11.1. The number of nitrogens with zero attached hydrogens (tertiary/aromatic N) is 1. The Labute approximate surface area is 120 Å². The van der Waals surface area contributed by atoms with Crippen LogP contribution < -0.4 is 11.1 Å². The van der Waals surface area contributed by atoms with Crippen LogP contribution in [-0.2, 0) is 11.2 Å². The van der Waals surface area contributed by atoms with Gasteiger partial charge >= 0.3 is 0 Å². The molecule has 4 N–H and O–H groups in total. The van der Waals surface area contributed by atoms with E-state index in [1.807, 2.05) is 20.0 Å². The van der Waals surface area contributed by atoms with E-state index < -0.39 is 0 Å². The third kappa shape index (κ3) is 6.23. The molecule has 1 rings (SSSR count). The molecule has 1 unspecified atom stereocenters. The number of nitrogens with one attached hydrogen (secondary N) is 2. The number of carbonyl (C=O) groups excluding carboxylic acids is 1. The molecule has 1 aromatic rings. The third-order valence-corrected chi connectivity index (χ3v) is 2.66. The van der Waals surface area contributed by atoms with Gasteiger partial charge in [0.15, 0.2) is 0 Å². The van der Waals surface area contributed by atoms with E-state index in [1.165, 1.54) is 5.56 Å². The number of carbonyl (C=O) groups is 1. The Balaban J connectivity index is 0. The van der Waals surface area contributed by atoms with Crippen molar-refractivity contribution in [3.63, 3.8) is 0 Å². The largest absolute Gasteiger partial charge is 0.356 e. The minimum atomic E-state index is -0.101. The second-order valence-electron chi connectivity index (χ2n) is 4.05. The maximum absolute atomic E-state index is 11.4. The average Bonchev–Trinajstić information content (AvgIpc) is 2.69. The summed E-state index contributed by atoms with van der Waals surface area (Å²) in [7, 11) is 0. The number of aryl methyl sites for hydroxylation is 2.